The molecule has 0 radical (unpaired) electrons. The topological polar surface area (TPSA) is 52.2 Å². The third kappa shape index (κ3) is 3.45. The van der Waals surface area contributed by atoms with Gasteiger partial charge in [0.15, 0.2) is 5.16 Å². The smallest absolute Gasteiger partial charge is 0.279 e. The Labute approximate surface area is 161 Å². The Morgan fingerprint density at radius 1 is 1.04 bits per heavy atom. The third-order valence-electron chi connectivity index (χ3n) is 3.90. The molecule has 0 atom stereocenters. The zero-order valence-corrected chi connectivity index (χ0v) is 15.2. The van der Waals surface area contributed by atoms with Crippen LogP contribution in [0.5, 0.6) is 0 Å². The van der Waals surface area contributed by atoms with Crippen LogP contribution < -0.4 is 5.56 Å². The van der Waals surface area contributed by atoms with Crippen molar-refractivity contribution in [1.29, 1.82) is 0 Å². The molecule has 0 aliphatic carbocycles. The van der Waals surface area contributed by atoms with Crippen LogP contribution in [0, 0.1) is 11.6 Å². The molecule has 0 aliphatic heterocycles. The van der Waals surface area contributed by atoms with E-state index in [2.05, 4.69) is 10.2 Å². The number of nitrogens with zero attached hydrogens (tertiary/aromatic N) is 4. The van der Waals surface area contributed by atoms with Gasteiger partial charge in [-0.3, -0.25) is 13.8 Å². The van der Waals surface area contributed by atoms with Gasteiger partial charge in [0.05, 0.1) is 5.69 Å². The number of halogens is 3. The molecule has 0 aliphatic rings. The van der Waals surface area contributed by atoms with Crippen molar-refractivity contribution in [3.8, 4) is 5.69 Å². The van der Waals surface area contributed by atoms with Gasteiger partial charge in [0.2, 0.25) is 5.65 Å². The number of aromatic nitrogens is 4. The summed E-state index contributed by atoms with van der Waals surface area (Å²) in [5, 5.41) is 8.81. The van der Waals surface area contributed by atoms with E-state index in [1.807, 2.05) is 0 Å². The monoisotopic (exact) mass is 404 g/mol. The molecule has 9 heteroatoms. The van der Waals surface area contributed by atoms with E-state index in [4.69, 9.17) is 11.6 Å². The summed E-state index contributed by atoms with van der Waals surface area (Å²) >= 11 is 7.35. The molecule has 136 valence electrons. The summed E-state index contributed by atoms with van der Waals surface area (Å²) in [6.07, 6.45) is 3.17. The molecule has 0 N–H and O–H groups in total. The van der Waals surface area contributed by atoms with Crippen LogP contribution in [0.3, 0.4) is 0 Å². The number of hydrogen-bond acceptors (Lipinski definition) is 4. The maximum atomic E-state index is 13.4. The van der Waals surface area contributed by atoms with Crippen molar-refractivity contribution >= 4 is 29.0 Å². The normalized spacial score (nSPS) is 11.2. The van der Waals surface area contributed by atoms with E-state index in [0.717, 1.165) is 5.56 Å². The van der Waals surface area contributed by atoms with E-state index >= 15 is 0 Å². The molecule has 2 aromatic heterocycles. The molecule has 0 saturated carbocycles. The predicted octanol–water partition coefficient (Wildman–Crippen LogP) is 4.10. The van der Waals surface area contributed by atoms with E-state index in [1.54, 1.807) is 22.7 Å². The van der Waals surface area contributed by atoms with Crippen molar-refractivity contribution in [2.24, 2.45) is 0 Å². The van der Waals surface area contributed by atoms with Gasteiger partial charge in [-0.2, -0.15) is 0 Å². The Balaban J connectivity index is 1.66. The van der Waals surface area contributed by atoms with Crippen molar-refractivity contribution in [2.45, 2.75) is 10.9 Å². The highest BCUT2D eigenvalue weighted by atomic mass is 35.5. The maximum Gasteiger partial charge on any atom is 0.300 e. The van der Waals surface area contributed by atoms with Crippen LogP contribution in [0.4, 0.5) is 8.78 Å². The molecule has 4 rings (SSSR count). The van der Waals surface area contributed by atoms with E-state index in [-0.39, 0.29) is 5.65 Å². The molecule has 0 fully saturated rings. The van der Waals surface area contributed by atoms with E-state index in [1.165, 1.54) is 52.9 Å². The summed E-state index contributed by atoms with van der Waals surface area (Å²) in [5.41, 5.74) is 0.849. The first-order chi connectivity index (χ1) is 13.0. The lowest BCUT2D eigenvalue weighted by Crippen LogP contribution is -2.20. The summed E-state index contributed by atoms with van der Waals surface area (Å²) in [6.45, 7) is 0. The fourth-order valence-electron chi connectivity index (χ4n) is 2.57. The lowest BCUT2D eigenvalue weighted by atomic mass is 10.2. The third-order valence-corrected chi connectivity index (χ3v) is 5.24. The second-order valence-corrected chi connectivity index (χ2v) is 7.00. The van der Waals surface area contributed by atoms with Crippen LogP contribution in [-0.4, -0.2) is 19.2 Å². The van der Waals surface area contributed by atoms with Crippen LogP contribution in [0.25, 0.3) is 11.3 Å². The highest BCUT2D eigenvalue weighted by Gasteiger charge is 2.13. The summed E-state index contributed by atoms with van der Waals surface area (Å²) in [5.74, 6) is -0.403. The minimum absolute atomic E-state index is 0.120. The molecule has 0 bridgehead atoms. The van der Waals surface area contributed by atoms with Gasteiger partial charge in [-0.05, 0) is 35.9 Å². The van der Waals surface area contributed by atoms with Crippen LogP contribution in [0.2, 0.25) is 5.02 Å². The van der Waals surface area contributed by atoms with Crippen molar-refractivity contribution in [3.05, 3.63) is 87.4 Å². The average Bonchev–Trinajstić information content (AvgIpc) is 3.05. The van der Waals surface area contributed by atoms with Gasteiger partial charge in [0.25, 0.3) is 0 Å². The van der Waals surface area contributed by atoms with Gasteiger partial charge in [-0.25, -0.2) is 8.78 Å². The Morgan fingerprint density at radius 3 is 2.63 bits per heavy atom. The van der Waals surface area contributed by atoms with Gasteiger partial charge in [-0.15, -0.1) is 10.2 Å². The molecule has 0 saturated heterocycles. The number of rotatable bonds is 4. The van der Waals surface area contributed by atoms with Crippen molar-refractivity contribution < 1.29 is 8.78 Å². The maximum absolute atomic E-state index is 13.4. The van der Waals surface area contributed by atoms with Gasteiger partial charge < -0.3 is 0 Å². The molecule has 2 aromatic carbocycles. The van der Waals surface area contributed by atoms with Gasteiger partial charge >= 0.3 is 5.56 Å². The first-order valence-corrected chi connectivity index (χ1v) is 9.18. The summed E-state index contributed by atoms with van der Waals surface area (Å²) in [4.78, 5) is 12.7. The quantitative estimate of drug-likeness (QED) is 0.480. The molecule has 0 amide bonds. The van der Waals surface area contributed by atoms with Crippen LogP contribution in [0.15, 0.2) is 64.8 Å². The zero-order valence-electron chi connectivity index (χ0n) is 13.6. The summed E-state index contributed by atoms with van der Waals surface area (Å²) in [7, 11) is 0. The highest BCUT2D eigenvalue weighted by molar-refractivity contribution is 7.98. The second-order valence-electron chi connectivity index (χ2n) is 5.65. The number of fused-ring (bicyclic) bond motifs is 1. The van der Waals surface area contributed by atoms with Crippen molar-refractivity contribution in [1.82, 2.24) is 19.2 Å². The molecule has 27 heavy (non-hydrogen) atoms. The van der Waals surface area contributed by atoms with Crippen LogP contribution in [-0.2, 0) is 5.75 Å². The molecule has 4 aromatic rings. The van der Waals surface area contributed by atoms with E-state index < -0.39 is 17.2 Å². The fraction of sp³-hybridized carbons (Fsp3) is 0.0556. The zero-order chi connectivity index (χ0) is 19.0. The van der Waals surface area contributed by atoms with Gasteiger partial charge in [-0.1, -0.05) is 35.5 Å². The predicted molar refractivity (Wildman–Crippen MR) is 99.5 cm³/mol. The number of hydrogen-bond donors (Lipinski definition) is 0. The average molecular weight is 405 g/mol. The van der Waals surface area contributed by atoms with Crippen molar-refractivity contribution in [3.63, 3.8) is 0 Å². The van der Waals surface area contributed by atoms with E-state index in [9.17, 15) is 13.6 Å². The minimum Gasteiger partial charge on any atom is -0.279 e. The standard InChI is InChI=1S/C18H11ClF2N4OS/c19-15-9-13(21)5-4-11(15)10-27-18-23-22-16-17(26)24(6-7-25(16)18)14-3-1-2-12(20)8-14/h1-9H,10H2. The van der Waals surface area contributed by atoms with E-state index in [0.29, 0.717) is 21.6 Å². The molecular weight excluding hydrogens is 394 g/mol. The molecular formula is C18H11ClF2N4OS. The molecule has 0 unspecified atom stereocenters. The Kier molecular flexibility index (Phi) is 4.67. The summed E-state index contributed by atoms with van der Waals surface area (Å²) < 4.78 is 29.4. The minimum atomic E-state index is -0.437. The Morgan fingerprint density at radius 2 is 1.85 bits per heavy atom. The second kappa shape index (κ2) is 7.13. The van der Waals surface area contributed by atoms with Crippen LogP contribution in [0.1, 0.15) is 5.56 Å². The van der Waals surface area contributed by atoms with Crippen LogP contribution >= 0.6 is 23.4 Å². The molecule has 2 heterocycles. The Hall–Kier alpha value is -2.71. The van der Waals surface area contributed by atoms with Gasteiger partial charge in [0, 0.05) is 23.2 Å². The lowest BCUT2D eigenvalue weighted by molar-refractivity contribution is 0.626. The largest absolute Gasteiger partial charge is 0.300 e. The van der Waals surface area contributed by atoms with Gasteiger partial charge in [0.1, 0.15) is 11.6 Å². The first kappa shape index (κ1) is 17.7. The number of thioether (sulfide) groups is 1. The lowest BCUT2D eigenvalue weighted by Gasteiger charge is -2.07. The molecule has 5 nitrogen and oxygen atoms in total. The SMILES string of the molecule is O=c1c2nnc(SCc3ccc(F)cc3Cl)n2ccn1-c1cccc(F)c1. The highest BCUT2D eigenvalue weighted by Crippen LogP contribution is 2.26. The number of benzene rings is 2. The first-order valence-electron chi connectivity index (χ1n) is 7.82. The van der Waals surface area contributed by atoms with Crippen molar-refractivity contribution in [2.75, 3.05) is 0 Å². The molecule has 0 spiro atoms. The Bertz CT molecular complexity index is 1210. The fourth-order valence-corrected chi connectivity index (χ4v) is 3.81. The summed E-state index contributed by atoms with van der Waals surface area (Å²) in [6, 6.07) is 9.91.